The van der Waals surface area contributed by atoms with Gasteiger partial charge in [-0.3, -0.25) is 0 Å². The number of nitrogens with zero attached hydrogens (tertiary/aromatic N) is 1. The lowest BCUT2D eigenvalue weighted by atomic mass is 10.1. The Labute approximate surface area is 110 Å². The number of benzene rings is 1. The molecule has 0 unspecified atom stereocenters. The summed E-state index contributed by atoms with van der Waals surface area (Å²) in [5.74, 6) is 0. The standard InChI is InChI=1S/C15H23N3/c1-2-10-18(9-1)11-8-16-12-14-5-3-4-13-6-7-17-15(13)14/h3-5,16-17H,1-2,6-12H2. The number of fused-ring (bicyclic) bond motifs is 1. The van der Waals surface area contributed by atoms with Crippen molar-refractivity contribution in [3.8, 4) is 0 Å². The molecule has 3 heteroatoms. The second kappa shape index (κ2) is 5.72. The first kappa shape index (κ1) is 12.0. The van der Waals surface area contributed by atoms with Gasteiger partial charge in [0.25, 0.3) is 0 Å². The van der Waals surface area contributed by atoms with Gasteiger partial charge in [-0.1, -0.05) is 18.2 Å². The zero-order chi connectivity index (χ0) is 12.2. The minimum absolute atomic E-state index is 0.990. The second-order valence-electron chi connectivity index (χ2n) is 5.35. The molecular formula is C15H23N3. The summed E-state index contributed by atoms with van der Waals surface area (Å²) in [6.07, 6.45) is 3.95. The van der Waals surface area contributed by atoms with Gasteiger partial charge < -0.3 is 15.5 Å². The fraction of sp³-hybridized carbons (Fsp3) is 0.600. The van der Waals surface area contributed by atoms with Crippen molar-refractivity contribution in [2.24, 2.45) is 0 Å². The van der Waals surface area contributed by atoms with Crippen molar-refractivity contribution < 1.29 is 0 Å². The molecule has 98 valence electrons. The van der Waals surface area contributed by atoms with E-state index in [1.807, 2.05) is 0 Å². The number of para-hydroxylation sites is 1. The molecule has 0 atom stereocenters. The average Bonchev–Trinajstić information content (AvgIpc) is 3.05. The van der Waals surface area contributed by atoms with Crippen LogP contribution in [0.5, 0.6) is 0 Å². The van der Waals surface area contributed by atoms with Crippen LogP contribution in [0.25, 0.3) is 0 Å². The van der Waals surface area contributed by atoms with Crippen LogP contribution in [0.2, 0.25) is 0 Å². The fourth-order valence-corrected chi connectivity index (χ4v) is 3.02. The van der Waals surface area contributed by atoms with Crippen LogP contribution in [0, 0.1) is 0 Å². The summed E-state index contributed by atoms with van der Waals surface area (Å²) in [4.78, 5) is 2.56. The van der Waals surface area contributed by atoms with Crippen LogP contribution >= 0.6 is 0 Å². The Morgan fingerprint density at radius 3 is 3.00 bits per heavy atom. The van der Waals surface area contributed by atoms with Gasteiger partial charge in [-0.15, -0.1) is 0 Å². The Bertz CT molecular complexity index is 397. The smallest absolute Gasteiger partial charge is 0.0419 e. The first-order valence-corrected chi connectivity index (χ1v) is 7.21. The third kappa shape index (κ3) is 2.68. The fourth-order valence-electron chi connectivity index (χ4n) is 3.02. The summed E-state index contributed by atoms with van der Waals surface area (Å²) in [7, 11) is 0. The van der Waals surface area contributed by atoms with Crippen LogP contribution in [0.15, 0.2) is 18.2 Å². The predicted molar refractivity (Wildman–Crippen MR) is 76.0 cm³/mol. The van der Waals surface area contributed by atoms with Crippen LogP contribution in [0.1, 0.15) is 24.0 Å². The van der Waals surface area contributed by atoms with E-state index in [1.165, 1.54) is 55.7 Å². The van der Waals surface area contributed by atoms with E-state index in [0.29, 0.717) is 0 Å². The van der Waals surface area contributed by atoms with E-state index >= 15 is 0 Å². The maximum atomic E-state index is 3.58. The third-order valence-electron chi connectivity index (χ3n) is 4.05. The lowest BCUT2D eigenvalue weighted by Gasteiger charge is -2.15. The molecule has 2 N–H and O–H groups in total. The van der Waals surface area contributed by atoms with E-state index in [4.69, 9.17) is 0 Å². The summed E-state index contributed by atoms with van der Waals surface area (Å²) >= 11 is 0. The van der Waals surface area contributed by atoms with Crippen LogP contribution < -0.4 is 10.6 Å². The maximum Gasteiger partial charge on any atom is 0.0419 e. The molecule has 0 amide bonds. The molecule has 0 radical (unpaired) electrons. The highest BCUT2D eigenvalue weighted by atomic mass is 15.1. The zero-order valence-electron chi connectivity index (χ0n) is 11.0. The van der Waals surface area contributed by atoms with Crippen molar-refractivity contribution >= 4 is 5.69 Å². The van der Waals surface area contributed by atoms with Gasteiger partial charge in [0.15, 0.2) is 0 Å². The molecule has 2 heterocycles. The van der Waals surface area contributed by atoms with Crippen LogP contribution in [0.3, 0.4) is 0 Å². The molecule has 0 aromatic heterocycles. The van der Waals surface area contributed by atoms with Gasteiger partial charge in [0.05, 0.1) is 0 Å². The van der Waals surface area contributed by atoms with E-state index in [0.717, 1.165) is 19.6 Å². The summed E-state index contributed by atoms with van der Waals surface area (Å²) in [6, 6.07) is 6.66. The normalized spacial score (nSPS) is 18.9. The Hall–Kier alpha value is -1.06. The quantitative estimate of drug-likeness (QED) is 0.775. The molecule has 0 saturated carbocycles. The summed E-state index contributed by atoms with van der Waals surface area (Å²) in [6.45, 7) is 6.98. The molecular weight excluding hydrogens is 222 g/mol. The second-order valence-corrected chi connectivity index (χ2v) is 5.35. The minimum atomic E-state index is 0.990. The molecule has 3 nitrogen and oxygen atoms in total. The molecule has 3 rings (SSSR count). The van der Waals surface area contributed by atoms with Crippen molar-refractivity contribution in [3.63, 3.8) is 0 Å². The van der Waals surface area contributed by atoms with E-state index in [-0.39, 0.29) is 0 Å². The van der Waals surface area contributed by atoms with Gasteiger partial charge in [0.1, 0.15) is 0 Å². The molecule has 2 aliphatic heterocycles. The Morgan fingerprint density at radius 2 is 2.11 bits per heavy atom. The average molecular weight is 245 g/mol. The summed E-state index contributed by atoms with van der Waals surface area (Å²) in [5, 5.41) is 7.08. The first-order chi connectivity index (χ1) is 8.93. The first-order valence-electron chi connectivity index (χ1n) is 7.21. The summed E-state index contributed by atoms with van der Waals surface area (Å²) < 4.78 is 0. The molecule has 1 fully saturated rings. The number of hydrogen-bond donors (Lipinski definition) is 2. The van der Waals surface area contributed by atoms with Crippen LogP contribution in [-0.2, 0) is 13.0 Å². The van der Waals surface area contributed by atoms with Crippen molar-refractivity contribution in [2.75, 3.05) is 38.0 Å². The van der Waals surface area contributed by atoms with E-state index in [2.05, 4.69) is 33.7 Å². The van der Waals surface area contributed by atoms with Crippen LogP contribution in [0.4, 0.5) is 5.69 Å². The molecule has 1 saturated heterocycles. The zero-order valence-corrected chi connectivity index (χ0v) is 11.0. The molecule has 1 aromatic rings. The number of likely N-dealkylation sites (tertiary alicyclic amines) is 1. The number of anilines is 1. The molecule has 2 aliphatic rings. The van der Waals surface area contributed by atoms with E-state index in [1.54, 1.807) is 0 Å². The van der Waals surface area contributed by atoms with Gasteiger partial charge in [-0.2, -0.15) is 0 Å². The van der Waals surface area contributed by atoms with Crippen molar-refractivity contribution in [3.05, 3.63) is 29.3 Å². The number of hydrogen-bond acceptors (Lipinski definition) is 3. The third-order valence-corrected chi connectivity index (χ3v) is 4.05. The van der Waals surface area contributed by atoms with Gasteiger partial charge in [0.2, 0.25) is 0 Å². The Kier molecular flexibility index (Phi) is 3.81. The topological polar surface area (TPSA) is 27.3 Å². The predicted octanol–water partition coefficient (Wildman–Crippen LogP) is 1.84. The molecule has 18 heavy (non-hydrogen) atoms. The highest BCUT2D eigenvalue weighted by Gasteiger charge is 2.13. The van der Waals surface area contributed by atoms with E-state index in [9.17, 15) is 0 Å². The molecule has 0 bridgehead atoms. The highest BCUT2D eigenvalue weighted by molar-refractivity contribution is 5.61. The maximum absolute atomic E-state index is 3.58. The van der Waals surface area contributed by atoms with Crippen molar-refractivity contribution in [1.82, 2.24) is 10.2 Å². The molecule has 0 spiro atoms. The van der Waals surface area contributed by atoms with Gasteiger partial charge in [-0.25, -0.2) is 0 Å². The Balaban J connectivity index is 1.47. The molecule has 0 aliphatic carbocycles. The van der Waals surface area contributed by atoms with Crippen molar-refractivity contribution in [2.45, 2.75) is 25.8 Å². The van der Waals surface area contributed by atoms with Gasteiger partial charge in [-0.05, 0) is 43.5 Å². The summed E-state index contributed by atoms with van der Waals surface area (Å²) in [5.41, 5.74) is 4.28. The largest absolute Gasteiger partial charge is 0.384 e. The monoisotopic (exact) mass is 245 g/mol. The van der Waals surface area contributed by atoms with Crippen molar-refractivity contribution in [1.29, 1.82) is 0 Å². The van der Waals surface area contributed by atoms with E-state index < -0.39 is 0 Å². The van der Waals surface area contributed by atoms with Gasteiger partial charge >= 0.3 is 0 Å². The number of rotatable bonds is 5. The number of nitrogens with one attached hydrogen (secondary N) is 2. The molecule has 1 aromatic carbocycles. The van der Waals surface area contributed by atoms with Gasteiger partial charge in [0, 0.05) is 31.9 Å². The lowest BCUT2D eigenvalue weighted by molar-refractivity contribution is 0.335. The lowest BCUT2D eigenvalue weighted by Crippen LogP contribution is -2.29. The highest BCUT2D eigenvalue weighted by Crippen LogP contribution is 2.26. The van der Waals surface area contributed by atoms with Crippen LogP contribution in [-0.4, -0.2) is 37.6 Å². The SMILES string of the molecule is c1cc2c(c(CNCCN3CCCC3)c1)NCC2. The Morgan fingerprint density at radius 1 is 1.22 bits per heavy atom. The minimum Gasteiger partial charge on any atom is -0.384 e.